The van der Waals surface area contributed by atoms with E-state index in [1.807, 2.05) is 6.07 Å². The molecule has 7 heteroatoms. The second-order valence-corrected chi connectivity index (χ2v) is 4.34. The van der Waals surface area contributed by atoms with E-state index in [-0.39, 0.29) is 11.3 Å². The first-order valence-corrected chi connectivity index (χ1v) is 6.23. The van der Waals surface area contributed by atoms with Crippen LogP contribution in [-0.4, -0.2) is 27.5 Å². The van der Waals surface area contributed by atoms with Crippen molar-refractivity contribution in [3.8, 4) is 0 Å². The number of hydrogen-bond donors (Lipinski definition) is 2. The molecule has 0 aliphatic carbocycles. The van der Waals surface area contributed by atoms with Crippen LogP contribution in [0.1, 0.15) is 15.9 Å². The van der Waals surface area contributed by atoms with Gasteiger partial charge in [-0.05, 0) is 24.1 Å². The summed E-state index contributed by atoms with van der Waals surface area (Å²) >= 11 is 0. The van der Waals surface area contributed by atoms with Crippen molar-refractivity contribution in [2.75, 3.05) is 11.9 Å². The molecule has 2 N–H and O–H groups in total. The molecule has 0 saturated heterocycles. The molecule has 21 heavy (non-hydrogen) atoms. The van der Waals surface area contributed by atoms with Gasteiger partial charge in [0.1, 0.15) is 5.82 Å². The molecule has 0 atom stereocenters. The van der Waals surface area contributed by atoms with Crippen LogP contribution >= 0.6 is 0 Å². The van der Waals surface area contributed by atoms with Crippen LogP contribution in [0.5, 0.6) is 0 Å². The van der Waals surface area contributed by atoms with Gasteiger partial charge in [0, 0.05) is 18.8 Å². The number of carboxylic acid groups (broad SMARTS) is 1. The molecule has 0 amide bonds. The van der Waals surface area contributed by atoms with E-state index in [1.165, 1.54) is 24.4 Å². The maximum atomic E-state index is 10.9. The average molecular weight is 287 g/mol. The Kier molecular flexibility index (Phi) is 4.45. The fourth-order valence-corrected chi connectivity index (χ4v) is 1.82. The topological polar surface area (TPSA) is 105 Å². The molecule has 108 valence electrons. The Morgan fingerprint density at radius 1 is 1.33 bits per heavy atom. The molecule has 0 radical (unpaired) electrons. The Balaban J connectivity index is 1.95. The van der Waals surface area contributed by atoms with Gasteiger partial charge in [-0.2, -0.15) is 0 Å². The number of benzene rings is 1. The minimum Gasteiger partial charge on any atom is -0.478 e. The molecule has 1 heterocycles. The molecule has 0 aliphatic rings. The van der Waals surface area contributed by atoms with Crippen molar-refractivity contribution in [3.05, 3.63) is 63.8 Å². The fourth-order valence-electron chi connectivity index (χ4n) is 1.82. The summed E-state index contributed by atoms with van der Waals surface area (Å²) in [7, 11) is 0. The molecular weight excluding hydrogens is 274 g/mol. The van der Waals surface area contributed by atoms with Crippen LogP contribution in [0, 0.1) is 10.1 Å². The number of carboxylic acids is 1. The lowest BCUT2D eigenvalue weighted by atomic mass is 10.1. The maximum Gasteiger partial charge on any atom is 0.335 e. The highest BCUT2D eigenvalue weighted by atomic mass is 16.6. The number of rotatable bonds is 6. The molecular formula is C14H13N3O4. The number of aromatic carboxylic acids is 1. The predicted molar refractivity (Wildman–Crippen MR) is 76.5 cm³/mol. The number of nitro groups is 1. The smallest absolute Gasteiger partial charge is 0.335 e. The minimum atomic E-state index is -0.967. The number of nitrogens with one attached hydrogen (secondary N) is 1. The molecule has 1 aromatic carbocycles. The van der Waals surface area contributed by atoms with Gasteiger partial charge < -0.3 is 10.4 Å². The van der Waals surface area contributed by atoms with E-state index < -0.39 is 10.9 Å². The Morgan fingerprint density at radius 2 is 2.14 bits per heavy atom. The van der Waals surface area contributed by atoms with Crippen molar-refractivity contribution >= 4 is 17.5 Å². The van der Waals surface area contributed by atoms with Crippen LogP contribution < -0.4 is 5.32 Å². The Morgan fingerprint density at radius 3 is 2.86 bits per heavy atom. The molecule has 0 unspecified atom stereocenters. The summed E-state index contributed by atoms with van der Waals surface area (Å²) in [4.78, 5) is 25.0. The van der Waals surface area contributed by atoms with Crippen molar-refractivity contribution in [1.29, 1.82) is 0 Å². The van der Waals surface area contributed by atoms with Gasteiger partial charge in [-0.3, -0.25) is 10.1 Å². The van der Waals surface area contributed by atoms with Crippen molar-refractivity contribution in [2.24, 2.45) is 0 Å². The molecule has 0 saturated carbocycles. The van der Waals surface area contributed by atoms with Gasteiger partial charge in [-0.15, -0.1) is 0 Å². The summed E-state index contributed by atoms with van der Waals surface area (Å²) in [6.45, 7) is 0.497. The van der Waals surface area contributed by atoms with Gasteiger partial charge in [0.2, 0.25) is 0 Å². The van der Waals surface area contributed by atoms with Crippen LogP contribution in [0.15, 0.2) is 42.6 Å². The largest absolute Gasteiger partial charge is 0.478 e. The number of aromatic nitrogens is 1. The maximum absolute atomic E-state index is 10.9. The molecule has 0 fully saturated rings. The summed E-state index contributed by atoms with van der Waals surface area (Å²) in [6, 6.07) is 9.32. The summed E-state index contributed by atoms with van der Waals surface area (Å²) in [5.41, 5.74) is 1.08. The molecule has 1 aromatic heterocycles. The third-order valence-electron chi connectivity index (χ3n) is 2.85. The zero-order chi connectivity index (χ0) is 15.2. The molecule has 0 bridgehead atoms. The van der Waals surface area contributed by atoms with Gasteiger partial charge in [0.15, 0.2) is 0 Å². The van der Waals surface area contributed by atoms with Gasteiger partial charge in [-0.25, -0.2) is 9.78 Å². The number of anilines is 1. The second-order valence-electron chi connectivity index (χ2n) is 4.34. The molecule has 2 aromatic rings. The lowest BCUT2D eigenvalue weighted by Crippen LogP contribution is -2.07. The van der Waals surface area contributed by atoms with Crippen LogP contribution in [0.25, 0.3) is 0 Å². The zero-order valence-electron chi connectivity index (χ0n) is 11.0. The van der Waals surface area contributed by atoms with Gasteiger partial charge in [0.05, 0.1) is 16.6 Å². The third-order valence-corrected chi connectivity index (χ3v) is 2.85. The number of nitrogens with zero attached hydrogens (tertiary/aromatic N) is 2. The quantitative estimate of drug-likeness (QED) is 0.624. The van der Waals surface area contributed by atoms with E-state index in [2.05, 4.69) is 10.3 Å². The number of hydrogen-bond acceptors (Lipinski definition) is 5. The van der Waals surface area contributed by atoms with Crippen molar-refractivity contribution in [1.82, 2.24) is 4.98 Å². The Hall–Kier alpha value is -2.96. The van der Waals surface area contributed by atoms with Crippen LogP contribution in [0.3, 0.4) is 0 Å². The monoisotopic (exact) mass is 287 g/mol. The van der Waals surface area contributed by atoms with Gasteiger partial charge in [-0.1, -0.05) is 12.1 Å². The standard InChI is InChI=1S/C14H13N3O4/c18-14(19)11-3-1-2-10(8-11)4-6-15-13-9-12(17(20)21)5-7-16-13/h1-3,5,7-9H,4,6H2,(H,15,16)(H,18,19). The minimum absolute atomic E-state index is 0.0274. The van der Waals surface area contributed by atoms with Gasteiger partial charge >= 0.3 is 5.97 Å². The first-order chi connectivity index (χ1) is 10.1. The predicted octanol–water partition coefficient (Wildman–Crippen LogP) is 2.34. The third kappa shape index (κ3) is 4.00. The summed E-state index contributed by atoms with van der Waals surface area (Å²) in [5, 5.41) is 22.5. The van der Waals surface area contributed by atoms with Crippen molar-refractivity contribution in [3.63, 3.8) is 0 Å². The molecule has 0 aliphatic heterocycles. The average Bonchev–Trinajstić information content (AvgIpc) is 2.48. The molecule has 0 spiro atoms. The lowest BCUT2D eigenvalue weighted by molar-refractivity contribution is -0.384. The van der Waals surface area contributed by atoms with Gasteiger partial charge in [0.25, 0.3) is 5.69 Å². The van der Waals surface area contributed by atoms with Crippen molar-refractivity contribution < 1.29 is 14.8 Å². The highest BCUT2D eigenvalue weighted by molar-refractivity contribution is 5.87. The van der Waals surface area contributed by atoms with E-state index in [4.69, 9.17) is 5.11 Å². The highest BCUT2D eigenvalue weighted by Crippen LogP contribution is 2.14. The van der Waals surface area contributed by atoms with Crippen LogP contribution in [0.2, 0.25) is 0 Å². The number of pyridine rings is 1. The first-order valence-electron chi connectivity index (χ1n) is 6.23. The normalized spacial score (nSPS) is 10.1. The second kappa shape index (κ2) is 6.47. The molecule has 2 rings (SSSR count). The summed E-state index contributed by atoms with van der Waals surface area (Å²) in [6.07, 6.45) is 1.96. The van der Waals surface area contributed by atoms with E-state index >= 15 is 0 Å². The summed E-state index contributed by atoms with van der Waals surface area (Å²) < 4.78 is 0. The Bertz CT molecular complexity index is 615. The lowest BCUT2D eigenvalue weighted by Gasteiger charge is -2.06. The van der Waals surface area contributed by atoms with E-state index in [9.17, 15) is 14.9 Å². The van der Waals surface area contributed by atoms with E-state index in [0.29, 0.717) is 18.8 Å². The first kappa shape index (κ1) is 14.4. The fraction of sp³-hybridized carbons (Fsp3) is 0.143. The number of carbonyl (C=O) groups is 1. The Labute approximate surface area is 120 Å². The zero-order valence-corrected chi connectivity index (χ0v) is 11.0. The molecule has 7 nitrogen and oxygen atoms in total. The highest BCUT2D eigenvalue weighted by Gasteiger charge is 2.06. The SMILES string of the molecule is O=C(O)c1cccc(CCNc2cc([N+](=O)[O-])ccn2)c1. The van der Waals surface area contributed by atoms with Crippen LogP contribution in [0.4, 0.5) is 11.5 Å². The van der Waals surface area contributed by atoms with Crippen LogP contribution in [-0.2, 0) is 6.42 Å². The van der Waals surface area contributed by atoms with E-state index in [0.717, 1.165) is 5.56 Å². The summed E-state index contributed by atoms with van der Waals surface area (Å²) in [5.74, 6) is -0.552. The van der Waals surface area contributed by atoms with Crippen molar-refractivity contribution in [2.45, 2.75) is 6.42 Å². The van der Waals surface area contributed by atoms with E-state index in [1.54, 1.807) is 12.1 Å².